The molecule has 2 aromatic rings. The molecule has 0 spiro atoms. The number of hydrogen-bond acceptors (Lipinski definition) is 3. The minimum atomic E-state index is -0.602. The van der Waals surface area contributed by atoms with Crippen molar-refractivity contribution in [1.82, 2.24) is 15.3 Å². The van der Waals surface area contributed by atoms with Crippen molar-refractivity contribution in [2.75, 3.05) is 7.05 Å². The number of halogens is 2. The van der Waals surface area contributed by atoms with Gasteiger partial charge in [0.05, 0.1) is 11.7 Å². The summed E-state index contributed by atoms with van der Waals surface area (Å²) in [7, 11) is 1.70. The van der Waals surface area contributed by atoms with Crippen LogP contribution in [0.4, 0.5) is 8.78 Å². The van der Waals surface area contributed by atoms with Crippen LogP contribution >= 0.6 is 0 Å². The average molecular weight is 235 g/mol. The van der Waals surface area contributed by atoms with Crippen molar-refractivity contribution in [3.63, 3.8) is 0 Å². The first-order valence-corrected chi connectivity index (χ1v) is 5.10. The first kappa shape index (κ1) is 11.6. The quantitative estimate of drug-likeness (QED) is 0.884. The summed E-state index contributed by atoms with van der Waals surface area (Å²) < 4.78 is 26.3. The van der Waals surface area contributed by atoms with E-state index in [9.17, 15) is 8.78 Å². The Morgan fingerprint density at radius 1 is 1.18 bits per heavy atom. The highest BCUT2D eigenvalue weighted by Crippen LogP contribution is 2.21. The van der Waals surface area contributed by atoms with E-state index >= 15 is 0 Å². The fraction of sp³-hybridized carbons (Fsp3) is 0.167. The van der Waals surface area contributed by atoms with Gasteiger partial charge in [0, 0.05) is 12.3 Å². The van der Waals surface area contributed by atoms with Crippen molar-refractivity contribution < 1.29 is 8.78 Å². The van der Waals surface area contributed by atoms with E-state index in [2.05, 4.69) is 15.3 Å². The van der Waals surface area contributed by atoms with Crippen molar-refractivity contribution in [2.45, 2.75) is 6.04 Å². The topological polar surface area (TPSA) is 37.8 Å². The summed E-state index contributed by atoms with van der Waals surface area (Å²) in [6, 6.07) is 4.75. The summed E-state index contributed by atoms with van der Waals surface area (Å²) in [6.07, 6.45) is 2.98. The fourth-order valence-corrected chi connectivity index (χ4v) is 1.70. The number of nitrogens with one attached hydrogen (secondary N) is 1. The van der Waals surface area contributed by atoms with Crippen LogP contribution in [0.5, 0.6) is 0 Å². The van der Waals surface area contributed by atoms with Gasteiger partial charge in [-0.3, -0.25) is 0 Å². The zero-order valence-electron chi connectivity index (χ0n) is 9.19. The van der Waals surface area contributed by atoms with E-state index in [-0.39, 0.29) is 6.04 Å². The van der Waals surface area contributed by atoms with E-state index < -0.39 is 11.6 Å². The Kier molecular flexibility index (Phi) is 3.39. The summed E-state index contributed by atoms with van der Waals surface area (Å²) in [5.74, 6) is -1.20. The molecule has 88 valence electrons. The predicted molar refractivity (Wildman–Crippen MR) is 59.3 cm³/mol. The van der Waals surface area contributed by atoms with E-state index in [1.54, 1.807) is 19.3 Å². The Balaban J connectivity index is 2.42. The molecule has 1 atom stereocenters. The lowest BCUT2D eigenvalue weighted by Gasteiger charge is -2.15. The lowest BCUT2D eigenvalue weighted by Crippen LogP contribution is -2.19. The molecule has 0 fully saturated rings. The molecular weight excluding hydrogens is 224 g/mol. The largest absolute Gasteiger partial charge is 0.308 e. The fourth-order valence-electron chi connectivity index (χ4n) is 1.70. The van der Waals surface area contributed by atoms with E-state index in [1.165, 1.54) is 18.5 Å². The van der Waals surface area contributed by atoms with Gasteiger partial charge in [-0.15, -0.1) is 0 Å². The molecule has 0 aliphatic heterocycles. The molecule has 17 heavy (non-hydrogen) atoms. The second-order valence-electron chi connectivity index (χ2n) is 3.56. The van der Waals surface area contributed by atoms with Crippen LogP contribution in [-0.2, 0) is 0 Å². The molecule has 1 aromatic heterocycles. The molecule has 0 saturated heterocycles. The highest BCUT2D eigenvalue weighted by molar-refractivity contribution is 5.28. The third-order valence-electron chi connectivity index (χ3n) is 2.41. The minimum absolute atomic E-state index is 0.358. The maximum Gasteiger partial charge on any atom is 0.126 e. The monoisotopic (exact) mass is 235 g/mol. The number of rotatable bonds is 3. The second kappa shape index (κ2) is 4.97. The predicted octanol–water partition coefficient (Wildman–Crippen LogP) is 2.06. The van der Waals surface area contributed by atoms with Gasteiger partial charge in [-0.25, -0.2) is 18.7 Å². The minimum Gasteiger partial charge on any atom is -0.308 e. The van der Waals surface area contributed by atoms with Crippen LogP contribution in [0, 0.1) is 11.6 Å². The molecule has 0 amide bonds. The molecule has 5 heteroatoms. The van der Waals surface area contributed by atoms with Gasteiger partial charge in [0.2, 0.25) is 0 Å². The average Bonchev–Trinajstić information content (AvgIpc) is 2.30. The molecule has 1 N–H and O–H groups in total. The summed E-state index contributed by atoms with van der Waals surface area (Å²) in [6.45, 7) is 0. The molecule has 0 saturated carbocycles. The Labute approximate surface area is 97.5 Å². The maximum atomic E-state index is 13.1. The zero-order valence-corrected chi connectivity index (χ0v) is 9.19. The van der Waals surface area contributed by atoms with Crippen LogP contribution in [-0.4, -0.2) is 17.0 Å². The van der Waals surface area contributed by atoms with Gasteiger partial charge in [-0.05, 0) is 30.8 Å². The van der Waals surface area contributed by atoms with Crippen molar-refractivity contribution >= 4 is 0 Å². The second-order valence-corrected chi connectivity index (χ2v) is 3.56. The van der Waals surface area contributed by atoms with Crippen LogP contribution in [0.1, 0.15) is 17.3 Å². The van der Waals surface area contributed by atoms with Gasteiger partial charge >= 0.3 is 0 Å². The number of nitrogens with zero attached hydrogens (tertiary/aromatic N) is 2. The Morgan fingerprint density at radius 3 is 2.41 bits per heavy atom. The van der Waals surface area contributed by atoms with Crippen molar-refractivity contribution in [3.8, 4) is 0 Å². The van der Waals surface area contributed by atoms with Crippen LogP contribution in [0.25, 0.3) is 0 Å². The van der Waals surface area contributed by atoms with E-state index in [0.717, 1.165) is 6.07 Å². The molecule has 1 heterocycles. The molecule has 3 nitrogen and oxygen atoms in total. The summed E-state index contributed by atoms with van der Waals surface area (Å²) in [4.78, 5) is 7.87. The third kappa shape index (κ3) is 2.62. The van der Waals surface area contributed by atoms with E-state index in [1.807, 2.05) is 0 Å². The molecule has 0 bridgehead atoms. The summed E-state index contributed by atoms with van der Waals surface area (Å²) in [5, 5.41) is 2.97. The van der Waals surface area contributed by atoms with Crippen LogP contribution in [0.2, 0.25) is 0 Å². The Hall–Kier alpha value is -1.88. The van der Waals surface area contributed by atoms with Gasteiger partial charge in [-0.2, -0.15) is 0 Å². The van der Waals surface area contributed by atoms with Crippen LogP contribution in [0.3, 0.4) is 0 Å². The van der Waals surface area contributed by atoms with Crippen LogP contribution < -0.4 is 5.32 Å². The molecule has 1 aromatic carbocycles. The summed E-state index contributed by atoms with van der Waals surface area (Å²) >= 11 is 0. The molecule has 2 rings (SSSR count). The zero-order chi connectivity index (χ0) is 12.3. The van der Waals surface area contributed by atoms with Gasteiger partial charge in [0.1, 0.15) is 18.0 Å². The van der Waals surface area contributed by atoms with Crippen molar-refractivity contribution in [3.05, 3.63) is 59.7 Å². The molecule has 1 unspecified atom stereocenters. The molecule has 0 aliphatic carbocycles. The maximum absolute atomic E-state index is 13.1. The standard InChI is InChI=1S/C12H11F2N3/c1-15-12(11-2-3-16-7-17-11)8-4-9(13)6-10(14)5-8/h2-7,12,15H,1H3. The SMILES string of the molecule is CNC(c1cc(F)cc(F)c1)c1ccncn1. The van der Waals surface area contributed by atoms with E-state index in [0.29, 0.717) is 11.3 Å². The number of hydrogen-bond donors (Lipinski definition) is 1. The highest BCUT2D eigenvalue weighted by atomic mass is 19.1. The van der Waals surface area contributed by atoms with Gasteiger partial charge in [0.15, 0.2) is 0 Å². The Morgan fingerprint density at radius 2 is 1.88 bits per heavy atom. The third-order valence-corrected chi connectivity index (χ3v) is 2.41. The molecule has 0 radical (unpaired) electrons. The molecular formula is C12H11F2N3. The number of aromatic nitrogens is 2. The van der Waals surface area contributed by atoms with Crippen LogP contribution in [0.15, 0.2) is 36.8 Å². The normalized spacial score (nSPS) is 12.4. The molecule has 0 aliphatic rings. The van der Waals surface area contributed by atoms with Gasteiger partial charge in [-0.1, -0.05) is 0 Å². The summed E-state index contributed by atoms with van der Waals surface area (Å²) in [5.41, 5.74) is 1.15. The number of benzene rings is 1. The van der Waals surface area contributed by atoms with Crippen molar-refractivity contribution in [2.24, 2.45) is 0 Å². The first-order chi connectivity index (χ1) is 8.20. The van der Waals surface area contributed by atoms with Crippen molar-refractivity contribution in [1.29, 1.82) is 0 Å². The van der Waals surface area contributed by atoms with E-state index in [4.69, 9.17) is 0 Å². The lowest BCUT2D eigenvalue weighted by molar-refractivity contribution is 0.570. The van der Waals surface area contributed by atoms with Gasteiger partial charge < -0.3 is 5.32 Å². The smallest absolute Gasteiger partial charge is 0.126 e. The highest BCUT2D eigenvalue weighted by Gasteiger charge is 2.14. The Bertz CT molecular complexity index is 482. The first-order valence-electron chi connectivity index (χ1n) is 5.10. The lowest BCUT2D eigenvalue weighted by atomic mass is 10.0. The van der Waals surface area contributed by atoms with Gasteiger partial charge in [0.25, 0.3) is 0 Å².